The molecule has 0 bridgehead atoms. The maximum absolute atomic E-state index is 14.1. The highest BCUT2D eigenvalue weighted by molar-refractivity contribution is 5.99. The van der Waals surface area contributed by atoms with Crippen LogP contribution in [0.2, 0.25) is 0 Å². The Hall–Kier alpha value is -4.26. The molecule has 9 nitrogen and oxygen atoms in total. The predicted octanol–water partition coefficient (Wildman–Crippen LogP) is 6.89. The van der Waals surface area contributed by atoms with Crippen molar-refractivity contribution in [2.24, 2.45) is 5.92 Å². The zero-order valence-corrected chi connectivity index (χ0v) is 31.8. The van der Waals surface area contributed by atoms with Gasteiger partial charge in [-0.2, -0.15) is 13.2 Å². The lowest BCUT2D eigenvalue weighted by Crippen LogP contribution is -2.59. The number of aliphatic carboxylic acids is 1. The molecule has 3 N–H and O–H groups in total. The fraction of sp³-hybridized carbons (Fsp3) is 0.512. The summed E-state index contributed by atoms with van der Waals surface area (Å²) in [5, 5.41) is 13.8. The maximum Gasteiger partial charge on any atom is 0.490 e. The Morgan fingerprint density at radius 3 is 2.00 bits per heavy atom. The predicted molar refractivity (Wildman–Crippen MR) is 207 cm³/mol. The van der Waals surface area contributed by atoms with E-state index in [1.165, 1.54) is 30.5 Å². The van der Waals surface area contributed by atoms with Crippen molar-refractivity contribution < 1.29 is 37.4 Å². The van der Waals surface area contributed by atoms with Crippen LogP contribution in [0.3, 0.4) is 0 Å². The van der Waals surface area contributed by atoms with E-state index in [-0.39, 0.29) is 17.9 Å². The molecular formula is C43H55F3N4O5. The van der Waals surface area contributed by atoms with Gasteiger partial charge in [0, 0.05) is 57.5 Å². The van der Waals surface area contributed by atoms with Crippen LogP contribution < -0.4 is 10.6 Å². The van der Waals surface area contributed by atoms with Gasteiger partial charge in [-0.25, -0.2) is 4.79 Å². The molecule has 0 radical (unpaired) electrons. The smallest absolute Gasteiger partial charge is 0.475 e. The van der Waals surface area contributed by atoms with Crippen LogP contribution in [0.25, 0.3) is 11.1 Å². The van der Waals surface area contributed by atoms with Gasteiger partial charge in [0.15, 0.2) is 0 Å². The number of nitrogens with one attached hydrogen (secondary N) is 2. The van der Waals surface area contributed by atoms with E-state index in [2.05, 4.69) is 75.9 Å². The molecule has 1 saturated carbocycles. The minimum atomic E-state index is -5.08. The number of hydrogen-bond acceptors (Lipinski definition) is 6. The fourth-order valence-electron chi connectivity index (χ4n) is 7.74. The van der Waals surface area contributed by atoms with Gasteiger partial charge in [0.1, 0.15) is 5.54 Å². The first kappa shape index (κ1) is 41.9. The van der Waals surface area contributed by atoms with Gasteiger partial charge < -0.3 is 30.3 Å². The molecule has 1 atom stereocenters. The number of amides is 2. The van der Waals surface area contributed by atoms with E-state index in [0.717, 1.165) is 95.1 Å². The summed E-state index contributed by atoms with van der Waals surface area (Å²) in [6, 6.07) is 26.6. The zero-order valence-electron chi connectivity index (χ0n) is 31.8. The van der Waals surface area contributed by atoms with Gasteiger partial charge in [-0.1, -0.05) is 85.1 Å². The van der Waals surface area contributed by atoms with Gasteiger partial charge in [0.05, 0.1) is 0 Å². The molecule has 3 aliphatic rings. The average molecular weight is 765 g/mol. The third-order valence-corrected chi connectivity index (χ3v) is 11.0. The number of aryl methyl sites for hydroxylation is 1. The molecule has 3 fully saturated rings. The molecule has 55 heavy (non-hydrogen) atoms. The van der Waals surface area contributed by atoms with Gasteiger partial charge in [-0.05, 0) is 93.2 Å². The van der Waals surface area contributed by atoms with Crippen molar-refractivity contribution in [1.29, 1.82) is 0 Å². The molecule has 6 rings (SSSR count). The van der Waals surface area contributed by atoms with Crippen molar-refractivity contribution in [3.63, 3.8) is 0 Å². The van der Waals surface area contributed by atoms with E-state index >= 15 is 0 Å². The number of benzene rings is 3. The fourth-order valence-corrected chi connectivity index (χ4v) is 7.74. The Morgan fingerprint density at radius 2 is 1.42 bits per heavy atom. The van der Waals surface area contributed by atoms with Crippen LogP contribution in [0.5, 0.6) is 0 Å². The zero-order chi connectivity index (χ0) is 39.3. The normalized spacial score (nSPS) is 18.5. The van der Waals surface area contributed by atoms with Crippen molar-refractivity contribution >= 4 is 17.8 Å². The molecule has 2 aliphatic heterocycles. The lowest BCUT2D eigenvalue weighted by Gasteiger charge is -2.37. The number of piperazine rings is 1. The average Bonchev–Trinajstić information content (AvgIpc) is 3.66. The summed E-state index contributed by atoms with van der Waals surface area (Å²) < 4.78 is 37.3. The summed E-state index contributed by atoms with van der Waals surface area (Å²) >= 11 is 0. The van der Waals surface area contributed by atoms with Gasteiger partial charge in [0.25, 0.3) is 5.91 Å². The second-order valence-corrected chi connectivity index (χ2v) is 15.2. The number of carbonyl (C=O) groups is 3. The molecule has 3 aromatic carbocycles. The molecule has 2 saturated heterocycles. The van der Waals surface area contributed by atoms with Crippen LogP contribution in [-0.2, 0) is 20.7 Å². The Balaban J connectivity index is 0.000000757. The first-order valence-corrected chi connectivity index (χ1v) is 19.6. The SMILES string of the molecule is Cc1ccc(-c2ccc(C(=O)NC3(C(=O)N[C@@H](CCCN4CCN(CC5CCOCC5)CC4)Cc4ccccc4)CCCC3)cc2)cc1.O=C(O)C(F)(F)F. The molecule has 0 aromatic heterocycles. The number of ether oxygens (including phenoxy) is 1. The highest BCUT2D eigenvalue weighted by Gasteiger charge is 2.43. The maximum atomic E-state index is 14.1. The molecule has 0 unspecified atom stereocenters. The lowest BCUT2D eigenvalue weighted by molar-refractivity contribution is -0.192. The third-order valence-electron chi connectivity index (χ3n) is 11.0. The highest BCUT2D eigenvalue weighted by Crippen LogP contribution is 2.31. The summed E-state index contributed by atoms with van der Waals surface area (Å²) in [4.78, 5) is 41.8. The first-order valence-electron chi connectivity index (χ1n) is 19.6. The molecule has 298 valence electrons. The van der Waals surface area contributed by atoms with E-state index in [0.29, 0.717) is 18.4 Å². The number of hydrogen-bond donors (Lipinski definition) is 3. The van der Waals surface area contributed by atoms with Gasteiger partial charge in [0.2, 0.25) is 5.91 Å². The van der Waals surface area contributed by atoms with Crippen molar-refractivity contribution in [1.82, 2.24) is 20.4 Å². The van der Waals surface area contributed by atoms with E-state index in [1.54, 1.807) is 0 Å². The molecule has 2 amide bonds. The van der Waals surface area contributed by atoms with Crippen LogP contribution in [-0.4, -0.2) is 103 Å². The van der Waals surface area contributed by atoms with Crippen molar-refractivity contribution in [3.05, 3.63) is 95.6 Å². The Kier molecular flexibility index (Phi) is 15.3. The minimum Gasteiger partial charge on any atom is -0.475 e. The van der Waals surface area contributed by atoms with Crippen LogP contribution in [0.4, 0.5) is 13.2 Å². The number of rotatable bonds is 13. The number of carbonyl (C=O) groups excluding carboxylic acids is 2. The minimum absolute atomic E-state index is 0.0119. The number of carboxylic acids is 1. The molecule has 0 spiro atoms. The summed E-state index contributed by atoms with van der Waals surface area (Å²) in [6.07, 6.45) is 3.24. The van der Waals surface area contributed by atoms with E-state index in [1.807, 2.05) is 30.3 Å². The van der Waals surface area contributed by atoms with E-state index in [4.69, 9.17) is 14.6 Å². The van der Waals surface area contributed by atoms with Crippen molar-refractivity contribution in [2.75, 3.05) is 52.5 Å². The molecule has 2 heterocycles. The molecule has 3 aromatic rings. The number of halogens is 3. The second kappa shape index (κ2) is 20.1. The standard InChI is InChI=1S/C41H54N4O3.C2HF3O2/c1-32-11-13-35(14-12-32)36-15-17-37(18-16-36)39(46)43-41(21-5-6-22-41)40(47)42-38(30-33-8-3-2-4-9-33)10-7-23-44-24-26-45(27-25-44)31-34-19-28-48-29-20-34;3-2(4,5)1(6)7/h2-4,8-9,11-18,34,38H,5-7,10,19-31H2,1H3,(H,42,47)(H,43,46);(H,6,7)/t38-;/m0./s1. The quantitative estimate of drug-likeness (QED) is 0.174. The Morgan fingerprint density at radius 1 is 0.855 bits per heavy atom. The van der Waals surface area contributed by atoms with Crippen LogP contribution in [0, 0.1) is 12.8 Å². The Bertz CT molecular complexity index is 1650. The monoisotopic (exact) mass is 764 g/mol. The van der Waals surface area contributed by atoms with Crippen LogP contribution in [0.15, 0.2) is 78.9 Å². The van der Waals surface area contributed by atoms with Crippen molar-refractivity contribution in [2.45, 2.75) is 82.5 Å². The molecule has 1 aliphatic carbocycles. The first-order chi connectivity index (χ1) is 26.4. The highest BCUT2D eigenvalue weighted by atomic mass is 19.4. The second-order valence-electron chi connectivity index (χ2n) is 15.2. The van der Waals surface area contributed by atoms with Gasteiger partial charge in [-0.15, -0.1) is 0 Å². The summed E-state index contributed by atoms with van der Waals surface area (Å²) in [5.74, 6) is -2.19. The van der Waals surface area contributed by atoms with E-state index < -0.39 is 17.7 Å². The number of carboxylic acid groups (broad SMARTS) is 1. The summed E-state index contributed by atoms with van der Waals surface area (Å²) in [7, 11) is 0. The van der Waals surface area contributed by atoms with Gasteiger partial charge >= 0.3 is 12.1 Å². The third kappa shape index (κ3) is 12.9. The summed E-state index contributed by atoms with van der Waals surface area (Å²) in [6.45, 7) is 10.7. The van der Waals surface area contributed by atoms with Gasteiger partial charge in [-0.3, -0.25) is 9.59 Å². The summed E-state index contributed by atoms with van der Waals surface area (Å²) in [5.41, 5.74) is 4.34. The van der Waals surface area contributed by atoms with Crippen LogP contribution >= 0.6 is 0 Å². The number of nitrogens with zero attached hydrogens (tertiary/aromatic N) is 2. The Labute approximate surface area is 322 Å². The largest absolute Gasteiger partial charge is 0.490 e. The topological polar surface area (TPSA) is 111 Å². The van der Waals surface area contributed by atoms with Crippen molar-refractivity contribution in [3.8, 4) is 11.1 Å². The lowest BCUT2D eigenvalue weighted by atomic mass is 9.93. The number of alkyl halides is 3. The molecule has 12 heteroatoms. The van der Waals surface area contributed by atoms with E-state index in [9.17, 15) is 22.8 Å². The molecular weight excluding hydrogens is 709 g/mol. The van der Waals surface area contributed by atoms with Crippen LogP contribution in [0.1, 0.15) is 72.9 Å².